The third-order valence-electron chi connectivity index (χ3n) is 7.30. The van der Waals surface area contributed by atoms with Crippen LogP contribution in [0.4, 0.5) is 22.7 Å². The van der Waals surface area contributed by atoms with Gasteiger partial charge in [0.2, 0.25) is 0 Å². The van der Waals surface area contributed by atoms with Gasteiger partial charge in [-0.25, -0.2) is 0 Å². The summed E-state index contributed by atoms with van der Waals surface area (Å²) < 4.78 is 0. The minimum absolute atomic E-state index is 0.935. The molecule has 0 bridgehead atoms. The zero-order chi connectivity index (χ0) is 25.9. The van der Waals surface area contributed by atoms with Crippen molar-refractivity contribution in [1.82, 2.24) is 0 Å². The maximum atomic E-state index is 2.44. The van der Waals surface area contributed by atoms with Gasteiger partial charge in [0.1, 0.15) is 0 Å². The minimum atomic E-state index is 0.935. The smallest absolute Gasteiger partial charge is 0.0458 e. The van der Waals surface area contributed by atoms with E-state index >= 15 is 0 Å². The van der Waals surface area contributed by atoms with Crippen LogP contribution in [0.15, 0.2) is 133 Å². The maximum absolute atomic E-state index is 2.44. The summed E-state index contributed by atoms with van der Waals surface area (Å²) in [5, 5.41) is 2.57. The molecule has 0 atom stereocenters. The molecule has 0 radical (unpaired) electrons. The predicted octanol–water partition coefficient (Wildman–Crippen LogP) is 7.99. The van der Waals surface area contributed by atoms with Crippen LogP contribution in [0.2, 0.25) is 0 Å². The SMILES string of the molecule is Cc1ccc(N(C2=c3ccccc3=C(N(c3ccccc3)c3ccc(C)cc3)CC2)c2ccccc2)cc1. The maximum Gasteiger partial charge on any atom is 0.0458 e. The van der Waals surface area contributed by atoms with E-state index in [4.69, 9.17) is 0 Å². The van der Waals surface area contributed by atoms with Crippen molar-refractivity contribution in [1.29, 1.82) is 0 Å². The number of para-hydroxylation sites is 2. The highest BCUT2D eigenvalue weighted by atomic mass is 15.2. The fourth-order valence-electron chi connectivity index (χ4n) is 5.42. The summed E-state index contributed by atoms with van der Waals surface area (Å²) in [4.78, 5) is 4.88. The lowest BCUT2D eigenvalue weighted by atomic mass is 9.97. The van der Waals surface area contributed by atoms with E-state index in [9.17, 15) is 0 Å². The second kappa shape index (κ2) is 10.4. The summed E-state index contributed by atoms with van der Waals surface area (Å²) in [6, 6.07) is 48.1. The fraction of sp³-hybridized carbons (Fsp3) is 0.111. The van der Waals surface area contributed by atoms with Crippen molar-refractivity contribution in [3.05, 3.63) is 155 Å². The topological polar surface area (TPSA) is 6.48 Å². The molecule has 0 unspecified atom stereocenters. The van der Waals surface area contributed by atoms with Crippen molar-refractivity contribution in [2.75, 3.05) is 9.80 Å². The number of hydrogen-bond acceptors (Lipinski definition) is 2. The molecular weight excluding hydrogens is 460 g/mol. The van der Waals surface area contributed by atoms with Crippen LogP contribution in [0.3, 0.4) is 0 Å². The third kappa shape index (κ3) is 4.62. The molecule has 0 heterocycles. The summed E-state index contributed by atoms with van der Waals surface area (Å²) in [6.07, 6.45) is 1.87. The summed E-state index contributed by atoms with van der Waals surface area (Å²) in [7, 11) is 0. The van der Waals surface area contributed by atoms with E-state index in [1.54, 1.807) is 0 Å². The van der Waals surface area contributed by atoms with E-state index in [1.807, 2.05) is 0 Å². The van der Waals surface area contributed by atoms with Crippen LogP contribution >= 0.6 is 0 Å². The molecule has 1 aliphatic carbocycles. The molecule has 186 valence electrons. The van der Waals surface area contributed by atoms with Crippen molar-refractivity contribution < 1.29 is 0 Å². The molecule has 2 nitrogen and oxygen atoms in total. The highest BCUT2D eigenvalue weighted by molar-refractivity contribution is 5.86. The summed E-state index contributed by atoms with van der Waals surface area (Å²) in [6.45, 7) is 4.29. The van der Waals surface area contributed by atoms with Crippen LogP contribution in [-0.2, 0) is 0 Å². The Morgan fingerprint density at radius 3 is 1.05 bits per heavy atom. The van der Waals surface area contributed by atoms with Gasteiger partial charge in [0.15, 0.2) is 0 Å². The monoisotopic (exact) mass is 492 g/mol. The molecule has 6 rings (SSSR count). The zero-order valence-corrected chi connectivity index (χ0v) is 22.0. The molecule has 0 aliphatic heterocycles. The molecule has 0 saturated heterocycles. The molecular formula is C36H32N2. The molecule has 0 fully saturated rings. The zero-order valence-electron chi connectivity index (χ0n) is 22.0. The van der Waals surface area contributed by atoms with Crippen LogP contribution in [-0.4, -0.2) is 0 Å². The van der Waals surface area contributed by atoms with E-state index in [0.29, 0.717) is 0 Å². The van der Waals surface area contributed by atoms with E-state index < -0.39 is 0 Å². The van der Waals surface area contributed by atoms with Gasteiger partial charge >= 0.3 is 0 Å². The van der Waals surface area contributed by atoms with E-state index in [2.05, 4.69) is 157 Å². The molecule has 0 spiro atoms. The number of benzene rings is 5. The van der Waals surface area contributed by atoms with Gasteiger partial charge < -0.3 is 9.80 Å². The Morgan fingerprint density at radius 1 is 0.368 bits per heavy atom. The number of aryl methyl sites for hydroxylation is 2. The standard InChI is InChI=1S/C36H32N2/c1-27-17-21-31(22-18-27)37(29-11-5-3-6-12-29)35-25-26-36(34-16-10-9-15-33(34)35)38(30-13-7-4-8-14-30)32-23-19-28(2)20-24-32/h3-24H,25-26H2,1-2H3. The summed E-state index contributed by atoms with van der Waals surface area (Å²) >= 11 is 0. The number of fused-ring (bicyclic) bond motifs is 1. The van der Waals surface area contributed by atoms with Crippen molar-refractivity contribution >= 4 is 34.1 Å². The Bertz CT molecular complexity index is 1520. The molecule has 38 heavy (non-hydrogen) atoms. The van der Waals surface area contributed by atoms with Crippen molar-refractivity contribution in [3.63, 3.8) is 0 Å². The highest BCUT2D eigenvalue weighted by Gasteiger charge is 2.23. The van der Waals surface area contributed by atoms with Gasteiger partial charge in [-0.2, -0.15) is 0 Å². The van der Waals surface area contributed by atoms with Gasteiger partial charge in [-0.3, -0.25) is 0 Å². The van der Waals surface area contributed by atoms with Crippen molar-refractivity contribution in [3.8, 4) is 0 Å². The fourth-order valence-corrected chi connectivity index (χ4v) is 5.42. The minimum Gasteiger partial charge on any atom is -0.314 e. The Morgan fingerprint density at radius 2 is 0.684 bits per heavy atom. The van der Waals surface area contributed by atoms with Crippen molar-refractivity contribution in [2.45, 2.75) is 26.7 Å². The number of rotatable bonds is 6. The normalized spacial score (nSPS) is 12.7. The van der Waals surface area contributed by atoms with Gasteiger partial charge in [0.05, 0.1) is 0 Å². The second-order valence-corrected chi connectivity index (χ2v) is 9.95. The van der Waals surface area contributed by atoms with Gasteiger partial charge in [0.25, 0.3) is 0 Å². The lowest BCUT2D eigenvalue weighted by molar-refractivity contribution is 0.969. The lowest BCUT2D eigenvalue weighted by Crippen LogP contribution is -2.40. The Kier molecular flexibility index (Phi) is 6.54. The summed E-state index contributed by atoms with van der Waals surface area (Å²) in [5.41, 5.74) is 9.94. The molecule has 0 amide bonds. The quantitative estimate of drug-likeness (QED) is 0.237. The second-order valence-electron chi connectivity index (χ2n) is 9.95. The average Bonchev–Trinajstić information content (AvgIpc) is 2.97. The van der Waals surface area contributed by atoms with Gasteiger partial charge in [-0.15, -0.1) is 0 Å². The first-order valence-corrected chi connectivity index (χ1v) is 13.3. The highest BCUT2D eigenvalue weighted by Crippen LogP contribution is 2.37. The first-order chi connectivity index (χ1) is 18.7. The number of hydrogen-bond donors (Lipinski definition) is 0. The van der Waals surface area contributed by atoms with Crippen LogP contribution < -0.4 is 20.2 Å². The van der Waals surface area contributed by atoms with E-state index in [0.717, 1.165) is 12.8 Å². The van der Waals surface area contributed by atoms with E-state index in [1.165, 1.54) is 55.7 Å². The molecule has 0 aromatic heterocycles. The molecule has 0 saturated carbocycles. The molecule has 5 aromatic carbocycles. The van der Waals surface area contributed by atoms with Crippen LogP contribution in [0.1, 0.15) is 24.0 Å². The van der Waals surface area contributed by atoms with Gasteiger partial charge in [-0.05, 0) is 75.2 Å². The van der Waals surface area contributed by atoms with Crippen LogP contribution in [0, 0.1) is 13.8 Å². The molecule has 1 aliphatic rings. The first-order valence-electron chi connectivity index (χ1n) is 13.3. The largest absolute Gasteiger partial charge is 0.314 e. The number of nitrogens with zero attached hydrogens (tertiary/aromatic N) is 2. The molecule has 2 heteroatoms. The average molecular weight is 493 g/mol. The van der Waals surface area contributed by atoms with Crippen LogP contribution in [0.5, 0.6) is 0 Å². The van der Waals surface area contributed by atoms with Gasteiger partial charge in [-0.1, -0.05) is 96.1 Å². The number of anilines is 4. The van der Waals surface area contributed by atoms with Crippen LogP contribution in [0.25, 0.3) is 11.4 Å². The Balaban J connectivity index is 1.62. The third-order valence-corrected chi connectivity index (χ3v) is 7.30. The lowest BCUT2D eigenvalue weighted by Gasteiger charge is -2.34. The Hall–Kier alpha value is -4.56. The van der Waals surface area contributed by atoms with Gasteiger partial charge in [0, 0.05) is 44.6 Å². The summed E-state index contributed by atoms with van der Waals surface area (Å²) in [5.74, 6) is 0. The molecule has 5 aromatic rings. The first kappa shape index (κ1) is 23.8. The predicted molar refractivity (Wildman–Crippen MR) is 161 cm³/mol. The van der Waals surface area contributed by atoms with E-state index in [-0.39, 0.29) is 0 Å². The van der Waals surface area contributed by atoms with Crippen molar-refractivity contribution in [2.24, 2.45) is 0 Å². The Labute approximate surface area is 225 Å². The molecule has 0 N–H and O–H groups in total.